The highest BCUT2D eigenvalue weighted by Gasteiger charge is 1.95. The van der Waals surface area contributed by atoms with E-state index in [0.717, 1.165) is 25.2 Å². The van der Waals surface area contributed by atoms with Gasteiger partial charge in [0.2, 0.25) is 0 Å². The van der Waals surface area contributed by atoms with E-state index in [4.69, 9.17) is 3.07 Å². The molecule has 0 spiro atoms. The molecule has 0 saturated carbocycles. The van der Waals surface area contributed by atoms with Crippen LogP contribution in [0.1, 0.15) is 69.8 Å². The van der Waals surface area contributed by atoms with E-state index in [0.29, 0.717) is 5.56 Å². The molecule has 4 heteroatoms. The number of thioether (sulfide) groups is 1. The van der Waals surface area contributed by atoms with Crippen LogP contribution >= 0.6 is 34.8 Å². The first kappa shape index (κ1) is 22.8. The molecule has 0 atom stereocenters. The molecular weight excluding hydrogens is 446 g/mol. The van der Waals surface area contributed by atoms with Crippen molar-refractivity contribution in [3.8, 4) is 11.8 Å². The number of hydrogen-bond donors (Lipinski definition) is 0. The van der Waals surface area contributed by atoms with Crippen LogP contribution in [-0.2, 0) is 3.07 Å². The first-order chi connectivity index (χ1) is 12.3. The second kappa shape index (κ2) is 17.2. The smallest absolute Gasteiger partial charge is 0.138 e. The summed E-state index contributed by atoms with van der Waals surface area (Å²) in [4.78, 5) is 0. The summed E-state index contributed by atoms with van der Waals surface area (Å²) in [5.41, 5.74) is 0.513. The van der Waals surface area contributed by atoms with Crippen molar-refractivity contribution in [1.82, 2.24) is 0 Å². The first-order valence-electron chi connectivity index (χ1n) is 9.39. The molecular formula is C21H30FIOS. The average Bonchev–Trinajstić information content (AvgIpc) is 2.63. The van der Waals surface area contributed by atoms with E-state index in [1.807, 2.05) is 40.8 Å². The van der Waals surface area contributed by atoms with Crippen LogP contribution in [0.25, 0.3) is 0 Å². The average molecular weight is 476 g/mol. The van der Waals surface area contributed by atoms with E-state index in [1.165, 1.54) is 63.2 Å². The Hall–Kier alpha value is -0.250. The van der Waals surface area contributed by atoms with E-state index < -0.39 is 0 Å². The van der Waals surface area contributed by atoms with Gasteiger partial charge < -0.3 is 3.07 Å². The van der Waals surface area contributed by atoms with Gasteiger partial charge in [-0.1, -0.05) is 68.9 Å². The Kier molecular flexibility index (Phi) is 15.7. The second-order valence-electron chi connectivity index (χ2n) is 6.14. The molecule has 1 aromatic rings. The number of hydrogen-bond acceptors (Lipinski definition) is 2. The molecule has 0 saturated heterocycles. The molecule has 0 bridgehead atoms. The summed E-state index contributed by atoms with van der Waals surface area (Å²) in [5, 5.41) is 0. The van der Waals surface area contributed by atoms with Gasteiger partial charge >= 0.3 is 0 Å². The Morgan fingerprint density at radius 3 is 2.20 bits per heavy atom. The van der Waals surface area contributed by atoms with Crippen LogP contribution < -0.4 is 0 Å². The van der Waals surface area contributed by atoms with E-state index in [-0.39, 0.29) is 5.82 Å². The minimum absolute atomic E-state index is 0.219. The minimum Gasteiger partial charge on any atom is -0.315 e. The molecule has 0 aromatic heterocycles. The standard InChI is InChI=1S/C21H30FIOS/c22-21-16-12-11-15-20(21)14-10-8-6-4-2-1-3-5-7-9-13-18-25-19-17-24-23/h11-12,15-16H,1-9,13,17-19H2. The highest BCUT2D eigenvalue weighted by Crippen LogP contribution is 2.12. The van der Waals surface area contributed by atoms with Crippen molar-refractivity contribution in [2.75, 3.05) is 18.1 Å². The molecule has 0 N–H and O–H groups in total. The monoisotopic (exact) mass is 476 g/mol. The van der Waals surface area contributed by atoms with Gasteiger partial charge in [0.25, 0.3) is 0 Å². The summed E-state index contributed by atoms with van der Waals surface area (Å²) < 4.78 is 18.4. The van der Waals surface area contributed by atoms with Crippen LogP contribution in [0.2, 0.25) is 0 Å². The quantitative estimate of drug-likeness (QED) is 0.160. The van der Waals surface area contributed by atoms with E-state index in [9.17, 15) is 4.39 Å². The van der Waals surface area contributed by atoms with Gasteiger partial charge in [-0.25, -0.2) is 4.39 Å². The highest BCUT2D eigenvalue weighted by molar-refractivity contribution is 14.1. The zero-order valence-corrected chi connectivity index (χ0v) is 18.0. The van der Waals surface area contributed by atoms with Crippen molar-refractivity contribution in [3.05, 3.63) is 35.6 Å². The van der Waals surface area contributed by atoms with E-state index in [1.54, 1.807) is 12.1 Å². The number of rotatable bonds is 14. The zero-order valence-electron chi connectivity index (χ0n) is 15.1. The highest BCUT2D eigenvalue weighted by atomic mass is 127. The molecule has 0 heterocycles. The molecule has 0 fully saturated rings. The lowest BCUT2D eigenvalue weighted by Gasteiger charge is -2.02. The SMILES string of the molecule is Fc1ccccc1C#CCCCCCCCCCCCSCCOI. The van der Waals surface area contributed by atoms with Crippen molar-refractivity contribution in [2.24, 2.45) is 0 Å². The maximum Gasteiger partial charge on any atom is 0.138 e. The molecule has 0 unspecified atom stereocenters. The summed E-state index contributed by atoms with van der Waals surface area (Å²) in [6, 6.07) is 6.72. The molecule has 0 aliphatic rings. The predicted octanol–water partition coefficient (Wildman–Crippen LogP) is 7.18. The number of unbranched alkanes of at least 4 members (excludes halogenated alkanes) is 9. The van der Waals surface area contributed by atoms with Crippen LogP contribution in [0.4, 0.5) is 4.39 Å². The third-order valence-electron chi connectivity index (χ3n) is 3.99. The number of halogens is 2. The molecule has 0 amide bonds. The van der Waals surface area contributed by atoms with Crippen molar-refractivity contribution < 1.29 is 7.46 Å². The second-order valence-corrected chi connectivity index (χ2v) is 7.99. The Morgan fingerprint density at radius 1 is 0.880 bits per heavy atom. The molecule has 1 rings (SSSR count). The van der Waals surface area contributed by atoms with Crippen molar-refractivity contribution in [3.63, 3.8) is 0 Å². The van der Waals surface area contributed by atoms with Crippen LogP contribution in [0, 0.1) is 17.7 Å². The van der Waals surface area contributed by atoms with Gasteiger partial charge in [0.1, 0.15) is 28.8 Å². The van der Waals surface area contributed by atoms with Crippen LogP contribution in [0.5, 0.6) is 0 Å². The van der Waals surface area contributed by atoms with Crippen LogP contribution in [0.3, 0.4) is 0 Å². The summed E-state index contributed by atoms with van der Waals surface area (Å²) in [5.74, 6) is 8.18. The van der Waals surface area contributed by atoms with Gasteiger partial charge in [-0.2, -0.15) is 11.8 Å². The van der Waals surface area contributed by atoms with Gasteiger partial charge in [-0.05, 0) is 30.7 Å². The fourth-order valence-electron chi connectivity index (χ4n) is 2.57. The normalized spacial score (nSPS) is 10.5. The summed E-state index contributed by atoms with van der Waals surface area (Å²) in [6.45, 7) is 0.861. The van der Waals surface area contributed by atoms with Crippen molar-refractivity contribution in [2.45, 2.75) is 64.2 Å². The van der Waals surface area contributed by atoms with Crippen LogP contribution in [0.15, 0.2) is 24.3 Å². The third kappa shape index (κ3) is 13.6. The summed E-state index contributed by atoms with van der Waals surface area (Å²) >= 11 is 3.95. The maximum atomic E-state index is 13.4. The summed E-state index contributed by atoms with van der Waals surface area (Å²) in [6.07, 6.45) is 12.7. The first-order valence-corrected chi connectivity index (χ1v) is 11.4. The Bertz CT molecular complexity index is 498. The molecule has 0 radical (unpaired) electrons. The largest absolute Gasteiger partial charge is 0.315 e. The lowest BCUT2D eigenvalue weighted by molar-refractivity contribution is 0.463. The fourth-order valence-corrected chi connectivity index (χ4v) is 3.90. The minimum atomic E-state index is -0.219. The van der Waals surface area contributed by atoms with Gasteiger partial charge in [-0.15, -0.1) is 0 Å². The molecule has 0 aliphatic heterocycles. The molecule has 0 aliphatic carbocycles. The molecule has 25 heavy (non-hydrogen) atoms. The Balaban J connectivity index is 1.83. The molecule has 140 valence electrons. The van der Waals surface area contributed by atoms with Crippen molar-refractivity contribution in [1.29, 1.82) is 0 Å². The maximum absolute atomic E-state index is 13.4. The number of benzene rings is 1. The van der Waals surface area contributed by atoms with Gasteiger partial charge in [-0.3, -0.25) is 0 Å². The Morgan fingerprint density at radius 2 is 1.52 bits per heavy atom. The summed E-state index contributed by atoms with van der Waals surface area (Å²) in [7, 11) is 0. The van der Waals surface area contributed by atoms with Crippen LogP contribution in [-0.4, -0.2) is 18.1 Å². The van der Waals surface area contributed by atoms with E-state index in [2.05, 4.69) is 11.8 Å². The molecule has 1 nitrogen and oxygen atoms in total. The van der Waals surface area contributed by atoms with Gasteiger partial charge in [0.15, 0.2) is 0 Å². The third-order valence-corrected chi connectivity index (χ3v) is 5.47. The lowest BCUT2D eigenvalue weighted by Crippen LogP contribution is -1.90. The zero-order chi connectivity index (χ0) is 18.0. The predicted molar refractivity (Wildman–Crippen MR) is 117 cm³/mol. The Labute approximate surface area is 171 Å². The van der Waals surface area contributed by atoms with Gasteiger partial charge in [0.05, 0.1) is 12.2 Å². The van der Waals surface area contributed by atoms with Gasteiger partial charge in [0, 0.05) is 12.2 Å². The van der Waals surface area contributed by atoms with E-state index >= 15 is 0 Å². The fraction of sp³-hybridized carbons (Fsp3) is 0.619. The lowest BCUT2D eigenvalue weighted by atomic mass is 10.1. The molecule has 1 aromatic carbocycles. The van der Waals surface area contributed by atoms with Crippen molar-refractivity contribution >= 4 is 34.8 Å². The topological polar surface area (TPSA) is 9.23 Å².